The lowest BCUT2D eigenvalue weighted by molar-refractivity contribution is -0.150. The first-order valence-corrected chi connectivity index (χ1v) is 18.3. The molecule has 0 heterocycles. The fraction of sp³-hybridized carbons (Fsp3) is 0.889. The number of carboxylic acids is 2. The second kappa shape index (κ2) is 15.9. The molecule has 0 aliphatic heterocycles. The van der Waals surface area contributed by atoms with E-state index in [1.807, 2.05) is 0 Å². The molecule has 0 aromatic rings. The molecule has 5 rings (SSSR count). The third-order valence-electron chi connectivity index (χ3n) is 12.8. The standard InChI is InChI=1S/C36H58N2O6/c39-33(31-19-27(15-17-29(31)35(41)42)25-7-3-1-4-8-25)37-21-23-11-13-24(14-12-23)22-38-34(40)32-20-28(16-18-30(32)36(43)44)26-9-5-2-6-10-26/h23-32H,1-22H2,(H,37,39)(H,38,40)(H,41,42)(H,43,44). The number of carbonyl (C=O) groups is 4. The number of carboxylic acid groups (broad SMARTS) is 2. The van der Waals surface area contributed by atoms with Gasteiger partial charge in [0, 0.05) is 13.1 Å². The van der Waals surface area contributed by atoms with E-state index in [0.29, 0.717) is 74.3 Å². The van der Waals surface area contributed by atoms with Crippen LogP contribution >= 0.6 is 0 Å². The van der Waals surface area contributed by atoms with Gasteiger partial charge in [-0.2, -0.15) is 0 Å². The molecule has 0 saturated heterocycles. The van der Waals surface area contributed by atoms with Gasteiger partial charge in [0.2, 0.25) is 11.8 Å². The van der Waals surface area contributed by atoms with E-state index in [1.54, 1.807) is 0 Å². The summed E-state index contributed by atoms with van der Waals surface area (Å²) in [7, 11) is 0. The number of amides is 2. The second-order valence-corrected chi connectivity index (χ2v) is 15.4. The molecule has 0 aromatic heterocycles. The molecule has 4 N–H and O–H groups in total. The lowest BCUT2D eigenvalue weighted by Gasteiger charge is -2.39. The quantitative estimate of drug-likeness (QED) is 0.224. The van der Waals surface area contributed by atoms with Crippen molar-refractivity contribution >= 4 is 23.8 Å². The van der Waals surface area contributed by atoms with Crippen LogP contribution in [0.4, 0.5) is 0 Å². The minimum absolute atomic E-state index is 0.0701. The van der Waals surface area contributed by atoms with Gasteiger partial charge in [-0.3, -0.25) is 19.2 Å². The van der Waals surface area contributed by atoms with Crippen molar-refractivity contribution in [2.24, 2.45) is 59.2 Å². The van der Waals surface area contributed by atoms with Gasteiger partial charge in [-0.15, -0.1) is 0 Å². The SMILES string of the molecule is O=C(O)C1CCC(C2CCCCC2)CC1C(=O)NCC1CCC(CNC(=O)C2CC(C3CCCCC3)CCC2C(=O)O)CC1. The monoisotopic (exact) mass is 614 g/mol. The minimum Gasteiger partial charge on any atom is -0.481 e. The number of aliphatic carboxylic acids is 2. The Morgan fingerprint density at radius 3 is 1.14 bits per heavy atom. The zero-order valence-corrected chi connectivity index (χ0v) is 26.9. The van der Waals surface area contributed by atoms with Gasteiger partial charge in [-0.25, -0.2) is 0 Å². The molecule has 5 aliphatic rings. The van der Waals surface area contributed by atoms with Crippen LogP contribution in [0.5, 0.6) is 0 Å². The zero-order valence-electron chi connectivity index (χ0n) is 26.9. The van der Waals surface area contributed by atoms with Crippen LogP contribution in [0.1, 0.15) is 128 Å². The number of rotatable bonds is 10. The third kappa shape index (κ3) is 8.57. The van der Waals surface area contributed by atoms with Crippen molar-refractivity contribution in [1.29, 1.82) is 0 Å². The van der Waals surface area contributed by atoms with Gasteiger partial charge >= 0.3 is 11.9 Å². The maximum atomic E-state index is 13.3. The zero-order chi connectivity index (χ0) is 31.1. The van der Waals surface area contributed by atoms with E-state index in [4.69, 9.17) is 0 Å². The molecular weight excluding hydrogens is 556 g/mol. The van der Waals surface area contributed by atoms with Crippen molar-refractivity contribution in [1.82, 2.24) is 10.6 Å². The molecule has 248 valence electrons. The van der Waals surface area contributed by atoms with E-state index < -0.39 is 35.6 Å². The van der Waals surface area contributed by atoms with Crippen LogP contribution in [0, 0.1) is 59.2 Å². The van der Waals surface area contributed by atoms with Gasteiger partial charge < -0.3 is 20.8 Å². The summed E-state index contributed by atoms with van der Waals surface area (Å²) in [6, 6.07) is 0. The molecule has 0 spiro atoms. The lowest BCUT2D eigenvalue weighted by Crippen LogP contribution is -2.45. The molecule has 0 radical (unpaired) electrons. The number of nitrogens with one attached hydrogen (secondary N) is 2. The van der Waals surface area contributed by atoms with Crippen molar-refractivity contribution in [3.05, 3.63) is 0 Å². The number of hydrogen-bond acceptors (Lipinski definition) is 4. The normalized spacial score (nSPS) is 35.8. The Morgan fingerprint density at radius 1 is 0.432 bits per heavy atom. The Bertz CT molecular complexity index is 903. The molecule has 5 saturated carbocycles. The predicted octanol–water partition coefficient (Wildman–Crippen LogP) is 6.42. The average Bonchev–Trinajstić information content (AvgIpc) is 3.06. The van der Waals surface area contributed by atoms with Crippen LogP contribution in [0.2, 0.25) is 0 Å². The molecule has 0 bridgehead atoms. The van der Waals surface area contributed by atoms with Crippen LogP contribution in [-0.4, -0.2) is 47.1 Å². The summed E-state index contributed by atoms with van der Waals surface area (Å²) in [5.41, 5.74) is 0. The van der Waals surface area contributed by atoms with Gasteiger partial charge in [0.05, 0.1) is 23.7 Å². The summed E-state index contributed by atoms with van der Waals surface area (Å²) >= 11 is 0. The Morgan fingerprint density at radius 2 is 0.795 bits per heavy atom. The molecule has 6 unspecified atom stereocenters. The molecule has 44 heavy (non-hydrogen) atoms. The van der Waals surface area contributed by atoms with Crippen molar-refractivity contribution in [3.8, 4) is 0 Å². The van der Waals surface area contributed by atoms with E-state index in [-0.39, 0.29) is 11.8 Å². The van der Waals surface area contributed by atoms with Crippen LogP contribution in [0.15, 0.2) is 0 Å². The van der Waals surface area contributed by atoms with Crippen LogP contribution in [0.25, 0.3) is 0 Å². The molecule has 2 amide bonds. The van der Waals surface area contributed by atoms with E-state index in [0.717, 1.165) is 38.5 Å². The Hall–Kier alpha value is -2.12. The highest BCUT2D eigenvalue weighted by atomic mass is 16.4. The molecule has 5 fully saturated rings. The summed E-state index contributed by atoms with van der Waals surface area (Å²) in [4.78, 5) is 50.6. The molecule has 6 atom stereocenters. The summed E-state index contributed by atoms with van der Waals surface area (Å²) in [6.07, 6.45) is 21.0. The van der Waals surface area contributed by atoms with Crippen molar-refractivity contribution < 1.29 is 29.4 Å². The van der Waals surface area contributed by atoms with Gasteiger partial charge in [-0.05, 0) is 99.7 Å². The number of carbonyl (C=O) groups excluding carboxylic acids is 2. The average molecular weight is 615 g/mol. The largest absolute Gasteiger partial charge is 0.481 e. The van der Waals surface area contributed by atoms with E-state index in [2.05, 4.69) is 10.6 Å². The topological polar surface area (TPSA) is 133 Å². The smallest absolute Gasteiger partial charge is 0.307 e. The Balaban J connectivity index is 1.05. The van der Waals surface area contributed by atoms with Gasteiger partial charge in [0.15, 0.2) is 0 Å². The highest BCUT2D eigenvalue weighted by Gasteiger charge is 2.43. The highest BCUT2D eigenvalue weighted by molar-refractivity contribution is 5.85. The first-order chi connectivity index (χ1) is 21.3. The first kappa shape index (κ1) is 33.2. The summed E-state index contributed by atoms with van der Waals surface area (Å²) in [6.45, 7) is 1.19. The lowest BCUT2D eigenvalue weighted by atomic mass is 9.66. The fourth-order valence-corrected chi connectivity index (χ4v) is 10.0. The van der Waals surface area contributed by atoms with Gasteiger partial charge in [0.25, 0.3) is 0 Å². The first-order valence-electron chi connectivity index (χ1n) is 18.3. The molecule has 8 heteroatoms. The van der Waals surface area contributed by atoms with E-state index >= 15 is 0 Å². The maximum Gasteiger partial charge on any atom is 0.307 e. The predicted molar refractivity (Wildman–Crippen MR) is 169 cm³/mol. The van der Waals surface area contributed by atoms with Crippen LogP contribution < -0.4 is 10.6 Å². The second-order valence-electron chi connectivity index (χ2n) is 15.4. The van der Waals surface area contributed by atoms with E-state index in [9.17, 15) is 29.4 Å². The van der Waals surface area contributed by atoms with Crippen molar-refractivity contribution in [3.63, 3.8) is 0 Å². The summed E-state index contributed by atoms with van der Waals surface area (Å²) < 4.78 is 0. The van der Waals surface area contributed by atoms with Crippen molar-refractivity contribution in [2.75, 3.05) is 13.1 Å². The summed E-state index contributed by atoms with van der Waals surface area (Å²) in [5, 5.41) is 26.0. The van der Waals surface area contributed by atoms with Crippen LogP contribution in [-0.2, 0) is 19.2 Å². The molecular formula is C36H58N2O6. The molecule has 5 aliphatic carbocycles. The maximum absolute atomic E-state index is 13.3. The molecule has 0 aromatic carbocycles. The highest BCUT2D eigenvalue weighted by Crippen LogP contribution is 2.44. The Labute approximate surface area is 264 Å². The summed E-state index contributed by atoms with van der Waals surface area (Å²) in [5.74, 6) is -0.798. The minimum atomic E-state index is -0.831. The van der Waals surface area contributed by atoms with E-state index in [1.165, 1.54) is 64.2 Å². The number of hydrogen-bond donors (Lipinski definition) is 4. The third-order valence-corrected chi connectivity index (χ3v) is 12.8. The Kier molecular flexibility index (Phi) is 12.0. The fourth-order valence-electron chi connectivity index (χ4n) is 10.0. The van der Waals surface area contributed by atoms with Crippen LogP contribution in [0.3, 0.4) is 0 Å². The van der Waals surface area contributed by atoms with Gasteiger partial charge in [-0.1, -0.05) is 64.2 Å². The van der Waals surface area contributed by atoms with Gasteiger partial charge in [0.1, 0.15) is 0 Å². The van der Waals surface area contributed by atoms with Crippen molar-refractivity contribution in [2.45, 2.75) is 128 Å². The molecule has 8 nitrogen and oxygen atoms in total.